The number of aryl methyl sites for hydroxylation is 1. The molecule has 3 fully saturated rings. The van der Waals surface area contributed by atoms with Crippen LogP contribution in [0.1, 0.15) is 35.3 Å². The molecule has 4 amide bonds. The maximum absolute atomic E-state index is 13.1. The Morgan fingerprint density at radius 2 is 1.61 bits per heavy atom. The lowest BCUT2D eigenvalue weighted by atomic mass is 9.78. The van der Waals surface area contributed by atoms with E-state index in [0.717, 1.165) is 36.5 Å². The summed E-state index contributed by atoms with van der Waals surface area (Å²) in [4.78, 5) is 66.9. The largest absolute Gasteiger partial charge is 0.480 e. The van der Waals surface area contributed by atoms with Crippen molar-refractivity contribution in [3.8, 4) is 5.69 Å². The van der Waals surface area contributed by atoms with Crippen LogP contribution < -0.4 is 10.9 Å². The fourth-order valence-electron chi connectivity index (χ4n) is 5.64. The van der Waals surface area contributed by atoms with Crippen LogP contribution in [-0.2, 0) is 9.59 Å². The van der Waals surface area contributed by atoms with E-state index >= 15 is 0 Å². The number of carbonyl (C=O) groups excluding carboxylic acids is 3. The van der Waals surface area contributed by atoms with Gasteiger partial charge < -0.3 is 20.2 Å². The number of β-lactam (4-membered cyclic amide) rings is 1. The van der Waals surface area contributed by atoms with Gasteiger partial charge in [0.2, 0.25) is 5.91 Å². The summed E-state index contributed by atoms with van der Waals surface area (Å²) in [5, 5.41) is 16.0. The molecule has 0 spiro atoms. The van der Waals surface area contributed by atoms with E-state index in [4.69, 9.17) is 0 Å². The van der Waals surface area contributed by atoms with Crippen molar-refractivity contribution < 1.29 is 24.3 Å². The maximum Gasteiger partial charge on any atom is 0.327 e. The molecule has 38 heavy (non-hydrogen) atoms. The van der Waals surface area contributed by atoms with Gasteiger partial charge in [-0.05, 0) is 69.5 Å². The second-order valence-electron chi connectivity index (χ2n) is 10.2. The Morgan fingerprint density at radius 1 is 0.974 bits per heavy atom. The van der Waals surface area contributed by atoms with E-state index in [1.807, 2.05) is 0 Å². The van der Waals surface area contributed by atoms with Gasteiger partial charge >= 0.3 is 12.0 Å². The van der Waals surface area contributed by atoms with E-state index in [2.05, 4.69) is 10.4 Å². The number of piperazine rings is 1. The molecule has 12 heteroatoms. The highest BCUT2D eigenvalue weighted by Crippen LogP contribution is 2.35. The summed E-state index contributed by atoms with van der Waals surface area (Å²) in [5.74, 6) is -2.18. The fraction of sp³-hybridized carbons (Fsp3) is 0.500. The highest BCUT2D eigenvalue weighted by Gasteiger charge is 2.56. The number of carboxylic acids is 1. The van der Waals surface area contributed by atoms with E-state index in [-0.39, 0.29) is 43.6 Å². The molecular weight excluding hydrogens is 492 g/mol. The van der Waals surface area contributed by atoms with Crippen LogP contribution in [0.3, 0.4) is 0 Å². The number of imide groups is 1. The quantitative estimate of drug-likeness (QED) is 0.487. The summed E-state index contributed by atoms with van der Waals surface area (Å²) in [6.07, 6.45) is 2.28. The first-order chi connectivity index (χ1) is 18.2. The average molecular weight is 525 g/mol. The number of nitrogens with zero attached hydrogens (tertiary/aromatic N) is 4. The van der Waals surface area contributed by atoms with Gasteiger partial charge in [0, 0.05) is 43.5 Å². The van der Waals surface area contributed by atoms with Crippen molar-refractivity contribution in [2.75, 3.05) is 39.3 Å². The third kappa shape index (κ3) is 4.83. The molecule has 0 aliphatic carbocycles. The minimum atomic E-state index is -1.16. The van der Waals surface area contributed by atoms with Gasteiger partial charge in [-0.3, -0.25) is 19.5 Å². The van der Waals surface area contributed by atoms with Crippen LogP contribution in [0.5, 0.6) is 0 Å². The van der Waals surface area contributed by atoms with Crippen LogP contribution in [0.15, 0.2) is 35.1 Å². The minimum Gasteiger partial charge on any atom is -0.480 e. The Kier molecular flexibility index (Phi) is 7.06. The molecule has 1 aromatic heterocycles. The Morgan fingerprint density at radius 3 is 2.18 bits per heavy atom. The van der Waals surface area contributed by atoms with Gasteiger partial charge in [-0.1, -0.05) is 0 Å². The lowest BCUT2D eigenvalue weighted by molar-refractivity contribution is -0.167. The van der Waals surface area contributed by atoms with Crippen molar-refractivity contribution in [1.29, 1.82) is 0 Å². The smallest absolute Gasteiger partial charge is 0.327 e. The molecule has 3 saturated heterocycles. The summed E-state index contributed by atoms with van der Waals surface area (Å²) in [6.45, 7) is 4.42. The van der Waals surface area contributed by atoms with Gasteiger partial charge in [-0.15, -0.1) is 0 Å². The molecular formula is C26H32N6O6. The number of carboxylic acid groups (broad SMARTS) is 1. The zero-order valence-electron chi connectivity index (χ0n) is 21.3. The predicted molar refractivity (Wildman–Crippen MR) is 136 cm³/mol. The van der Waals surface area contributed by atoms with E-state index in [1.54, 1.807) is 36.1 Å². The second kappa shape index (κ2) is 10.4. The molecule has 1 aromatic carbocycles. The number of hydrogen-bond donors (Lipinski definition) is 3. The molecule has 3 aliphatic rings. The Bertz CT molecular complexity index is 1290. The highest BCUT2D eigenvalue weighted by molar-refractivity contribution is 6.07. The number of aliphatic carboxylic acids is 1. The molecule has 12 nitrogen and oxygen atoms in total. The third-order valence-electron chi connectivity index (χ3n) is 7.78. The molecule has 0 unspecified atom stereocenters. The summed E-state index contributed by atoms with van der Waals surface area (Å²) < 4.78 is 1.40. The van der Waals surface area contributed by atoms with Crippen LogP contribution in [0.4, 0.5) is 4.79 Å². The molecule has 3 aliphatic heterocycles. The van der Waals surface area contributed by atoms with Crippen molar-refractivity contribution in [2.45, 2.75) is 32.2 Å². The van der Waals surface area contributed by atoms with Crippen molar-refractivity contribution in [1.82, 2.24) is 29.8 Å². The molecule has 0 bridgehead atoms. The van der Waals surface area contributed by atoms with Gasteiger partial charge in [-0.2, -0.15) is 0 Å². The topological polar surface area (TPSA) is 148 Å². The van der Waals surface area contributed by atoms with Gasteiger partial charge in [0.05, 0.1) is 11.6 Å². The monoisotopic (exact) mass is 524 g/mol. The Hall–Kier alpha value is -3.93. The van der Waals surface area contributed by atoms with E-state index < -0.39 is 29.9 Å². The predicted octanol–water partition coefficient (Wildman–Crippen LogP) is 0.653. The summed E-state index contributed by atoms with van der Waals surface area (Å²) in [6, 6.07) is 6.41. The Labute approximate surface area is 219 Å². The number of aromatic amines is 1. The fourth-order valence-corrected chi connectivity index (χ4v) is 5.64. The SMILES string of the molecule is Cc1cc(=O)n(-c2ccc(C(=O)N3CCN(C(=O)N4C(=O)[C@H](CC5CCNCC5)[C@H]4C(=O)O)CC3)cc2)[nH]1. The van der Waals surface area contributed by atoms with E-state index in [1.165, 1.54) is 15.6 Å². The number of hydrogen-bond acceptors (Lipinski definition) is 6. The van der Waals surface area contributed by atoms with E-state index in [0.29, 0.717) is 17.7 Å². The first-order valence-corrected chi connectivity index (χ1v) is 13.0. The third-order valence-corrected chi connectivity index (χ3v) is 7.78. The minimum absolute atomic E-state index is 0.189. The van der Waals surface area contributed by atoms with Crippen LogP contribution in [-0.4, -0.2) is 98.7 Å². The number of piperidine rings is 1. The van der Waals surface area contributed by atoms with Gasteiger partial charge in [0.25, 0.3) is 11.5 Å². The van der Waals surface area contributed by atoms with Crippen molar-refractivity contribution >= 4 is 23.8 Å². The summed E-state index contributed by atoms with van der Waals surface area (Å²) in [7, 11) is 0. The second-order valence-corrected chi connectivity index (χ2v) is 10.2. The summed E-state index contributed by atoms with van der Waals surface area (Å²) >= 11 is 0. The van der Waals surface area contributed by atoms with Crippen molar-refractivity contribution in [2.24, 2.45) is 11.8 Å². The lowest BCUT2D eigenvalue weighted by Gasteiger charge is -2.47. The van der Waals surface area contributed by atoms with Crippen LogP contribution >= 0.6 is 0 Å². The number of nitrogens with one attached hydrogen (secondary N) is 2. The number of amides is 4. The first-order valence-electron chi connectivity index (χ1n) is 13.0. The normalized spacial score (nSPS) is 22.3. The molecule has 4 heterocycles. The van der Waals surface area contributed by atoms with Gasteiger partial charge in [0.1, 0.15) is 0 Å². The number of urea groups is 1. The molecule has 2 aromatic rings. The number of likely N-dealkylation sites (tertiary alicyclic amines) is 1. The van der Waals surface area contributed by atoms with Crippen molar-refractivity contribution in [3.05, 3.63) is 51.9 Å². The number of H-pyrrole nitrogens is 1. The summed E-state index contributed by atoms with van der Waals surface area (Å²) in [5.41, 5.74) is 1.61. The van der Waals surface area contributed by atoms with Gasteiger partial charge in [0.15, 0.2) is 6.04 Å². The molecule has 0 saturated carbocycles. The van der Waals surface area contributed by atoms with Crippen LogP contribution in [0, 0.1) is 18.8 Å². The van der Waals surface area contributed by atoms with Gasteiger partial charge in [-0.25, -0.2) is 19.2 Å². The van der Waals surface area contributed by atoms with Crippen LogP contribution in [0.25, 0.3) is 5.69 Å². The number of carbonyl (C=O) groups is 4. The lowest BCUT2D eigenvalue weighted by Crippen LogP contribution is -2.69. The molecule has 0 radical (unpaired) electrons. The number of benzene rings is 1. The highest BCUT2D eigenvalue weighted by atomic mass is 16.4. The first kappa shape index (κ1) is 25.7. The Balaban J connectivity index is 1.17. The average Bonchev–Trinajstić information content (AvgIpc) is 3.27. The van der Waals surface area contributed by atoms with Crippen molar-refractivity contribution in [3.63, 3.8) is 0 Å². The molecule has 3 N–H and O–H groups in total. The zero-order chi connectivity index (χ0) is 27.0. The van der Waals surface area contributed by atoms with E-state index in [9.17, 15) is 29.1 Å². The number of aromatic nitrogens is 2. The molecule has 2 atom stereocenters. The van der Waals surface area contributed by atoms with Crippen LogP contribution in [0.2, 0.25) is 0 Å². The molecule has 202 valence electrons. The zero-order valence-corrected chi connectivity index (χ0v) is 21.3. The standard InChI is InChI=1S/C26H32N6O6/c1-16-14-21(33)32(28-16)19-4-2-18(3-5-19)23(34)29-10-12-30(13-11-29)26(38)31-22(25(36)37)20(24(31)35)15-17-6-8-27-9-7-17/h2-5,14,17,20,22,27-28H,6-13,15H2,1H3,(H,36,37)/t20-,22+/m1/s1. The maximum atomic E-state index is 13.1. The number of rotatable bonds is 5. The molecule has 5 rings (SSSR count).